The molecule has 5 nitrogen and oxygen atoms in total. The first kappa shape index (κ1) is 16.2. The lowest BCUT2D eigenvalue weighted by Gasteiger charge is -2.14. The molecule has 1 N–H and O–H groups in total. The maximum Gasteiger partial charge on any atom is 0.261 e. The van der Waals surface area contributed by atoms with Crippen molar-refractivity contribution in [3.05, 3.63) is 40.9 Å². The zero-order valence-electron chi connectivity index (χ0n) is 13.2. The van der Waals surface area contributed by atoms with Gasteiger partial charge in [0, 0.05) is 6.04 Å². The molecule has 0 radical (unpaired) electrons. The van der Waals surface area contributed by atoms with Gasteiger partial charge >= 0.3 is 0 Å². The van der Waals surface area contributed by atoms with Gasteiger partial charge in [-0.2, -0.15) is 0 Å². The molecule has 0 aliphatic carbocycles. The van der Waals surface area contributed by atoms with E-state index in [-0.39, 0.29) is 24.1 Å². The van der Waals surface area contributed by atoms with E-state index in [1.165, 1.54) is 23.7 Å². The van der Waals surface area contributed by atoms with Crippen LogP contribution in [-0.2, 0) is 11.3 Å². The van der Waals surface area contributed by atoms with Crippen LogP contribution in [-0.4, -0.2) is 21.5 Å². The lowest BCUT2D eigenvalue weighted by Crippen LogP contribution is -2.37. The number of amides is 1. The molecule has 5 heteroatoms. The summed E-state index contributed by atoms with van der Waals surface area (Å²) in [4.78, 5) is 28.6. The van der Waals surface area contributed by atoms with Gasteiger partial charge in [0.25, 0.3) is 5.56 Å². The van der Waals surface area contributed by atoms with E-state index in [2.05, 4.69) is 17.2 Å². The molecule has 1 aromatic heterocycles. The highest BCUT2D eigenvalue weighted by Gasteiger charge is 2.10. The maximum atomic E-state index is 12.3. The number of aromatic nitrogens is 2. The highest BCUT2D eigenvalue weighted by Crippen LogP contribution is 2.05. The van der Waals surface area contributed by atoms with Crippen molar-refractivity contribution in [1.29, 1.82) is 0 Å². The summed E-state index contributed by atoms with van der Waals surface area (Å²) in [5.74, 6) is -0.150. The van der Waals surface area contributed by atoms with Gasteiger partial charge in [-0.05, 0) is 25.5 Å². The van der Waals surface area contributed by atoms with E-state index >= 15 is 0 Å². The van der Waals surface area contributed by atoms with E-state index in [0.717, 1.165) is 12.8 Å². The van der Waals surface area contributed by atoms with Crippen LogP contribution in [0.15, 0.2) is 35.4 Å². The van der Waals surface area contributed by atoms with Crippen molar-refractivity contribution >= 4 is 16.8 Å². The third-order valence-corrected chi connectivity index (χ3v) is 3.69. The molecule has 0 fully saturated rings. The van der Waals surface area contributed by atoms with Gasteiger partial charge in [0.05, 0.1) is 17.2 Å². The zero-order chi connectivity index (χ0) is 15.9. The smallest absolute Gasteiger partial charge is 0.261 e. The van der Waals surface area contributed by atoms with Crippen molar-refractivity contribution in [3.8, 4) is 0 Å². The molecule has 2 rings (SSSR count). The van der Waals surface area contributed by atoms with E-state index in [1.807, 2.05) is 13.0 Å². The summed E-state index contributed by atoms with van der Waals surface area (Å²) in [5.41, 5.74) is 0.469. The minimum atomic E-state index is -0.181. The van der Waals surface area contributed by atoms with Crippen LogP contribution in [0, 0.1) is 0 Å². The van der Waals surface area contributed by atoms with E-state index < -0.39 is 0 Å². The molecule has 0 bridgehead atoms. The molecular weight excluding hydrogens is 278 g/mol. The summed E-state index contributed by atoms with van der Waals surface area (Å²) in [6, 6.07) is 7.28. The van der Waals surface area contributed by atoms with Crippen LogP contribution in [0.3, 0.4) is 0 Å². The molecule has 0 aliphatic rings. The van der Waals surface area contributed by atoms with Crippen molar-refractivity contribution in [1.82, 2.24) is 14.9 Å². The Morgan fingerprint density at radius 3 is 2.86 bits per heavy atom. The average molecular weight is 301 g/mol. The molecule has 0 aliphatic heterocycles. The number of rotatable bonds is 7. The van der Waals surface area contributed by atoms with Crippen molar-refractivity contribution in [2.45, 2.75) is 52.1 Å². The number of hydrogen-bond donors (Lipinski definition) is 1. The van der Waals surface area contributed by atoms with Crippen LogP contribution in [0.4, 0.5) is 0 Å². The van der Waals surface area contributed by atoms with Gasteiger partial charge in [0.1, 0.15) is 6.54 Å². The second kappa shape index (κ2) is 7.73. The highest BCUT2D eigenvalue weighted by atomic mass is 16.2. The molecule has 0 saturated heterocycles. The van der Waals surface area contributed by atoms with Crippen LogP contribution in [0.25, 0.3) is 10.9 Å². The fourth-order valence-electron chi connectivity index (χ4n) is 2.47. The van der Waals surface area contributed by atoms with Gasteiger partial charge in [-0.3, -0.25) is 14.2 Å². The number of carbonyl (C=O) groups is 1. The molecule has 1 aromatic carbocycles. The Hall–Kier alpha value is -2.17. The summed E-state index contributed by atoms with van der Waals surface area (Å²) < 4.78 is 1.36. The fraction of sp³-hybridized carbons (Fsp3) is 0.471. The Morgan fingerprint density at radius 2 is 2.09 bits per heavy atom. The third kappa shape index (κ3) is 4.16. The van der Waals surface area contributed by atoms with Crippen LogP contribution in [0.2, 0.25) is 0 Å². The topological polar surface area (TPSA) is 64.0 Å². The van der Waals surface area contributed by atoms with Gasteiger partial charge in [-0.15, -0.1) is 0 Å². The molecule has 118 valence electrons. The molecule has 1 atom stereocenters. The molecule has 22 heavy (non-hydrogen) atoms. The second-order valence-electron chi connectivity index (χ2n) is 5.66. The standard InChI is InChI=1S/C17H23N3O2/c1-3-4-5-8-13(2)19-16(21)11-20-12-18-15-10-7-6-9-14(15)17(20)22/h6-7,9-10,12-13H,3-5,8,11H2,1-2H3,(H,19,21). The predicted octanol–water partition coefficient (Wildman–Crippen LogP) is 2.48. The Bertz CT molecular complexity index is 694. The molecule has 1 heterocycles. The molecule has 1 amide bonds. The number of para-hydroxylation sites is 1. The number of hydrogen-bond acceptors (Lipinski definition) is 3. The Kier molecular flexibility index (Phi) is 5.69. The van der Waals surface area contributed by atoms with E-state index in [1.54, 1.807) is 18.2 Å². The monoisotopic (exact) mass is 301 g/mol. The lowest BCUT2D eigenvalue weighted by molar-refractivity contribution is -0.122. The van der Waals surface area contributed by atoms with E-state index in [9.17, 15) is 9.59 Å². The van der Waals surface area contributed by atoms with Gasteiger partial charge in [-0.25, -0.2) is 4.98 Å². The van der Waals surface area contributed by atoms with Crippen LogP contribution in [0.5, 0.6) is 0 Å². The van der Waals surface area contributed by atoms with Crippen LogP contribution >= 0.6 is 0 Å². The van der Waals surface area contributed by atoms with E-state index in [4.69, 9.17) is 0 Å². The third-order valence-electron chi connectivity index (χ3n) is 3.69. The zero-order valence-corrected chi connectivity index (χ0v) is 13.2. The Balaban J connectivity index is 2.00. The maximum absolute atomic E-state index is 12.3. The molecule has 1 unspecified atom stereocenters. The quantitative estimate of drug-likeness (QED) is 0.799. The molecule has 0 spiro atoms. The summed E-state index contributed by atoms with van der Waals surface area (Å²) >= 11 is 0. The lowest BCUT2D eigenvalue weighted by atomic mass is 10.1. The number of unbranched alkanes of at least 4 members (excludes halogenated alkanes) is 2. The normalized spacial score (nSPS) is 12.3. The van der Waals surface area contributed by atoms with Crippen LogP contribution in [0.1, 0.15) is 39.5 Å². The minimum Gasteiger partial charge on any atom is -0.352 e. The first-order chi connectivity index (χ1) is 10.6. The minimum absolute atomic E-state index is 0.00872. The largest absolute Gasteiger partial charge is 0.352 e. The molecular formula is C17H23N3O2. The van der Waals surface area contributed by atoms with Crippen molar-refractivity contribution in [2.24, 2.45) is 0 Å². The van der Waals surface area contributed by atoms with Crippen LogP contribution < -0.4 is 10.9 Å². The molecule has 0 saturated carbocycles. The van der Waals surface area contributed by atoms with Gasteiger partial charge in [0.15, 0.2) is 0 Å². The summed E-state index contributed by atoms with van der Waals surface area (Å²) in [7, 11) is 0. The number of nitrogens with one attached hydrogen (secondary N) is 1. The van der Waals surface area contributed by atoms with Gasteiger partial charge in [0.2, 0.25) is 5.91 Å². The Labute approximate surface area is 130 Å². The second-order valence-corrected chi connectivity index (χ2v) is 5.66. The van der Waals surface area contributed by atoms with Crippen molar-refractivity contribution < 1.29 is 4.79 Å². The van der Waals surface area contributed by atoms with Gasteiger partial charge in [-0.1, -0.05) is 38.3 Å². The molecule has 2 aromatic rings. The van der Waals surface area contributed by atoms with Gasteiger partial charge < -0.3 is 5.32 Å². The summed E-state index contributed by atoms with van der Waals surface area (Å²) in [6.45, 7) is 4.16. The number of carbonyl (C=O) groups excluding carboxylic acids is 1. The number of nitrogens with zero attached hydrogens (tertiary/aromatic N) is 2. The SMILES string of the molecule is CCCCCC(C)NC(=O)Cn1cnc2ccccc2c1=O. The summed E-state index contributed by atoms with van der Waals surface area (Å²) in [5, 5.41) is 3.47. The predicted molar refractivity (Wildman–Crippen MR) is 87.7 cm³/mol. The first-order valence-electron chi connectivity index (χ1n) is 7.85. The Morgan fingerprint density at radius 1 is 1.32 bits per heavy atom. The highest BCUT2D eigenvalue weighted by molar-refractivity contribution is 5.78. The van der Waals surface area contributed by atoms with Crippen molar-refractivity contribution in [3.63, 3.8) is 0 Å². The number of benzene rings is 1. The summed E-state index contributed by atoms with van der Waals surface area (Å²) in [6.07, 6.45) is 5.85. The van der Waals surface area contributed by atoms with E-state index in [0.29, 0.717) is 10.9 Å². The average Bonchev–Trinajstić information content (AvgIpc) is 2.50. The first-order valence-corrected chi connectivity index (χ1v) is 7.85. The fourth-order valence-corrected chi connectivity index (χ4v) is 2.47. The number of fused-ring (bicyclic) bond motifs is 1. The van der Waals surface area contributed by atoms with Crippen molar-refractivity contribution in [2.75, 3.05) is 0 Å².